The molecule has 2 aliphatic rings. The largest absolute Gasteiger partial charge is 0.467 e. The zero-order chi connectivity index (χ0) is 14.8. The van der Waals surface area contributed by atoms with Crippen LogP contribution in [-0.4, -0.2) is 49.7 Å². The minimum Gasteiger partial charge on any atom is -0.467 e. The number of ether oxygens (including phenoxy) is 3. The molecule has 1 fully saturated rings. The Morgan fingerprint density at radius 1 is 1.29 bits per heavy atom. The Kier molecular flexibility index (Phi) is 3.90. The van der Waals surface area contributed by atoms with Gasteiger partial charge in [-0.05, 0) is 23.3 Å². The number of nitrogens with zero attached hydrogens (tertiary/aromatic N) is 1. The van der Waals surface area contributed by atoms with E-state index in [0.29, 0.717) is 31.9 Å². The van der Waals surface area contributed by atoms with Gasteiger partial charge in [-0.15, -0.1) is 0 Å². The topological polar surface area (TPSA) is 65.1 Å². The van der Waals surface area contributed by atoms with E-state index in [-0.39, 0.29) is 12.5 Å². The normalized spacial score (nSPS) is 21.0. The Labute approximate surface area is 122 Å². The Bertz CT molecular complexity index is 571. The van der Waals surface area contributed by atoms with E-state index in [2.05, 4.69) is 4.74 Å². The molecule has 0 aromatic heterocycles. The van der Waals surface area contributed by atoms with Crippen LogP contribution in [0.4, 0.5) is 0 Å². The average molecular weight is 291 g/mol. The first kappa shape index (κ1) is 14.0. The lowest BCUT2D eigenvalue weighted by atomic mass is 10.1. The number of esters is 1. The second-order valence-corrected chi connectivity index (χ2v) is 5.11. The lowest BCUT2D eigenvalue weighted by Crippen LogP contribution is -2.48. The molecule has 1 aromatic carbocycles. The summed E-state index contributed by atoms with van der Waals surface area (Å²) in [6.45, 7) is 2.18. The van der Waals surface area contributed by atoms with Crippen LogP contribution in [0.15, 0.2) is 18.2 Å². The quantitative estimate of drug-likeness (QED) is 0.752. The molecule has 0 aliphatic carbocycles. The predicted octanol–water partition coefficient (Wildman–Crippen LogP) is 0.731. The molecular formula is C15H17NO5. The lowest BCUT2D eigenvalue weighted by Gasteiger charge is -2.31. The number of carbonyl (C=O) groups is 2. The number of rotatable bonds is 2. The molecule has 6 nitrogen and oxygen atoms in total. The highest BCUT2D eigenvalue weighted by Crippen LogP contribution is 2.22. The first-order valence-corrected chi connectivity index (χ1v) is 6.87. The average Bonchev–Trinajstić information content (AvgIpc) is 3.01. The van der Waals surface area contributed by atoms with Gasteiger partial charge in [-0.3, -0.25) is 4.79 Å². The molecule has 3 rings (SSSR count). The van der Waals surface area contributed by atoms with Gasteiger partial charge in [0, 0.05) is 12.1 Å². The van der Waals surface area contributed by atoms with Crippen LogP contribution in [0.2, 0.25) is 0 Å². The number of hydrogen-bond donors (Lipinski definition) is 0. The molecule has 1 unspecified atom stereocenters. The summed E-state index contributed by atoms with van der Waals surface area (Å²) in [6, 6.07) is 5.60. The van der Waals surface area contributed by atoms with Gasteiger partial charge in [0.25, 0.3) is 5.91 Å². The number of methoxy groups -OCH3 is 1. The van der Waals surface area contributed by atoms with Crippen LogP contribution in [-0.2, 0) is 32.2 Å². The highest BCUT2D eigenvalue weighted by Gasteiger charge is 2.30. The molecule has 21 heavy (non-hydrogen) atoms. The second-order valence-electron chi connectivity index (χ2n) is 5.11. The van der Waals surface area contributed by atoms with Gasteiger partial charge in [0.15, 0.2) is 6.10 Å². The highest BCUT2D eigenvalue weighted by molar-refractivity contribution is 5.95. The molecule has 0 N–H and O–H groups in total. The van der Waals surface area contributed by atoms with Gasteiger partial charge < -0.3 is 19.1 Å². The van der Waals surface area contributed by atoms with Crippen molar-refractivity contribution < 1.29 is 23.8 Å². The van der Waals surface area contributed by atoms with E-state index in [0.717, 1.165) is 11.1 Å². The molecule has 0 bridgehead atoms. The number of amides is 1. The summed E-state index contributed by atoms with van der Waals surface area (Å²) in [5.74, 6) is -0.545. The SMILES string of the molecule is COC(=O)C1CN(C(=O)c2ccc3c(c2)COC3)CCO1. The van der Waals surface area contributed by atoms with Gasteiger partial charge >= 0.3 is 5.97 Å². The molecule has 112 valence electrons. The summed E-state index contributed by atoms with van der Waals surface area (Å²) in [4.78, 5) is 25.7. The van der Waals surface area contributed by atoms with Gasteiger partial charge in [0.2, 0.25) is 0 Å². The number of hydrogen-bond acceptors (Lipinski definition) is 5. The summed E-state index contributed by atoms with van der Waals surface area (Å²) in [5.41, 5.74) is 2.80. The van der Waals surface area contributed by atoms with Crippen molar-refractivity contribution in [3.63, 3.8) is 0 Å². The maximum atomic E-state index is 12.5. The Morgan fingerprint density at radius 2 is 2.10 bits per heavy atom. The van der Waals surface area contributed by atoms with Crippen LogP contribution < -0.4 is 0 Å². The van der Waals surface area contributed by atoms with E-state index in [4.69, 9.17) is 9.47 Å². The van der Waals surface area contributed by atoms with Crippen LogP contribution in [0.5, 0.6) is 0 Å². The Hall–Kier alpha value is -1.92. The van der Waals surface area contributed by atoms with Crippen molar-refractivity contribution in [1.82, 2.24) is 4.90 Å². The monoisotopic (exact) mass is 291 g/mol. The molecule has 6 heteroatoms. The fourth-order valence-corrected chi connectivity index (χ4v) is 2.60. The minimum absolute atomic E-state index is 0.0955. The molecule has 1 amide bonds. The van der Waals surface area contributed by atoms with Crippen LogP contribution >= 0.6 is 0 Å². The van der Waals surface area contributed by atoms with E-state index in [1.54, 1.807) is 11.0 Å². The third-order valence-electron chi connectivity index (χ3n) is 3.79. The van der Waals surface area contributed by atoms with Crippen LogP contribution in [0.3, 0.4) is 0 Å². The summed E-state index contributed by atoms with van der Waals surface area (Å²) < 4.78 is 15.4. The van der Waals surface area contributed by atoms with Crippen molar-refractivity contribution in [2.45, 2.75) is 19.3 Å². The van der Waals surface area contributed by atoms with Crippen molar-refractivity contribution in [3.05, 3.63) is 34.9 Å². The Morgan fingerprint density at radius 3 is 2.90 bits per heavy atom. The molecular weight excluding hydrogens is 274 g/mol. The standard InChI is InChI=1S/C15H17NO5/c1-19-15(18)13-7-16(4-5-21-13)14(17)10-2-3-11-8-20-9-12(11)6-10/h2-3,6,13H,4-5,7-9H2,1H3. The van der Waals surface area contributed by atoms with Crippen molar-refractivity contribution in [3.8, 4) is 0 Å². The summed E-state index contributed by atoms with van der Waals surface area (Å²) in [6.07, 6.45) is -0.703. The molecule has 0 saturated carbocycles. The Balaban J connectivity index is 1.74. The number of fused-ring (bicyclic) bond motifs is 1. The number of morpholine rings is 1. The molecule has 0 radical (unpaired) electrons. The van der Waals surface area contributed by atoms with Crippen LogP contribution in [0.25, 0.3) is 0 Å². The third kappa shape index (κ3) is 2.77. The first-order chi connectivity index (χ1) is 10.2. The lowest BCUT2D eigenvalue weighted by molar-refractivity contribution is -0.158. The fraction of sp³-hybridized carbons (Fsp3) is 0.467. The van der Waals surface area contributed by atoms with Gasteiger partial charge in [-0.25, -0.2) is 4.79 Å². The molecule has 2 heterocycles. The summed E-state index contributed by atoms with van der Waals surface area (Å²) in [5, 5.41) is 0. The predicted molar refractivity (Wildman–Crippen MR) is 72.6 cm³/mol. The zero-order valence-corrected chi connectivity index (χ0v) is 11.8. The van der Waals surface area contributed by atoms with Crippen LogP contribution in [0, 0.1) is 0 Å². The molecule has 1 atom stereocenters. The minimum atomic E-state index is -0.703. The highest BCUT2D eigenvalue weighted by atomic mass is 16.6. The molecule has 1 aromatic rings. The molecule has 1 saturated heterocycles. The number of carbonyl (C=O) groups excluding carboxylic acids is 2. The van der Waals surface area contributed by atoms with E-state index < -0.39 is 12.1 Å². The molecule has 2 aliphatic heterocycles. The van der Waals surface area contributed by atoms with Gasteiger partial charge in [-0.1, -0.05) is 6.07 Å². The van der Waals surface area contributed by atoms with Gasteiger partial charge in [-0.2, -0.15) is 0 Å². The summed E-state index contributed by atoms with van der Waals surface area (Å²) >= 11 is 0. The smallest absolute Gasteiger partial charge is 0.336 e. The van der Waals surface area contributed by atoms with Crippen molar-refractivity contribution in [2.75, 3.05) is 26.8 Å². The van der Waals surface area contributed by atoms with Crippen molar-refractivity contribution >= 4 is 11.9 Å². The van der Waals surface area contributed by atoms with E-state index in [1.807, 2.05) is 12.1 Å². The van der Waals surface area contributed by atoms with Crippen molar-refractivity contribution in [2.24, 2.45) is 0 Å². The van der Waals surface area contributed by atoms with Crippen molar-refractivity contribution in [1.29, 1.82) is 0 Å². The van der Waals surface area contributed by atoms with Gasteiger partial charge in [0.1, 0.15) is 0 Å². The zero-order valence-electron chi connectivity index (χ0n) is 11.8. The van der Waals surface area contributed by atoms with E-state index in [1.165, 1.54) is 7.11 Å². The van der Waals surface area contributed by atoms with E-state index in [9.17, 15) is 9.59 Å². The maximum absolute atomic E-state index is 12.5. The fourth-order valence-electron chi connectivity index (χ4n) is 2.60. The molecule has 0 spiro atoms. The van der Waals surface area contributed by atoms with Crippen LogP contribution in [0.1, 0.15) is 21.5 Å². The summed E-state index contributed by atoms with van der Waals surface area (Å²) in [7, 11) is 1.31. The van der Waals surface area contributed by atoms with E-state index >= 15 is 0 Å². The van der Waals surface area contributed by atoms with Gasteiger partial charge in [0.05, 0.1) is 33.5 Å². The third-order valence-corrected chi connectivity index (χ3v) is 3.79. The maximum Gasteiger partial charge on any atom is 0.336 e. The second kappa shape index (κ2) is 5.83. The first-order valence-electron chi connectivity index (χ1n) is 6.87. The number of benzene rings is 1.